The maximum absolute atomic E-state index is 13.1. The van der Waals surface area contributed by atoms with E-state index in [-0.39, 0.29) is 29.5 Å². The van der Waals surface area contributed by atoms with Crippen LogP contribution in [0.15, 0.2) is 30.6 Å². The van der Waals surface area contributed by atoms with Crippen LogP contribution < -0.4 is 16.0 Å². The van der Waals surface area contributed by atoms with E-state index in [1.54, 1.807) is 31.4 Å². The van der Waals surface area contributed by atoms with Gasteiger partial charge in [0.1, 0.15) is 17.0 Å². The van der Waals surface area contributed by atoms with Gasteiger partial charge in [-0.05, 0) is 37.8 Å². The molecule has 0 spiro atoms. The monoisotopic (exact) mass is 435 g/mol. The number of imidazole rings is 1. The topological polar surface area (TPSA) is 93.5 Å². The molecule has 0 atom stereocenters. The molecule has 8 nitrogen and oxygen atoms in total. The third-order valence-corrected chi connectivity index (χ3v) is 5.80. The first kappa shape index (κ1) is 21.0. The van der Waals surface area contributed by atoms with Gasteiger partial charge in [0.2, 0.25) is 0 Å². The fourth-order valence-corrected chi connectivity index (χ4v) is 4.16. The van der Waals surface area contributed by atoms with E-state index in [1.807, 2.05) is 11.9 Å². The lowest BCUT2D eigenvalue weighted by Crippen LogP contribution is -2.43. The van der Waals surface area contributed by atoms with Gasteiger partial charge in [-0.25, -0.2) is 4.98 Å². The highest BCUT2D eigenvalue weighted by Crippen LogP contribution is 2.31. The van der Waals surface area contributed by atoms with Crippen molar-refractivity contribution in [1.29, 1.82) is 0 Å². The number of fused-ring (bicyclic) bond motifs is 1. The van der Waals surface area contributed by atoms with Gasteiger partial charge in [-0.1, -0.05) is 6.07 Å². The number of anilines is 2. The molecule has 1 amide bonds. The predicted octanol–water partition coefficient (Wildman–Crippen LogP) is 2.85. The summed E-state index contributed by atoms with van der Waals surface area (Å²) in [6.45, 7) is 0. The minimum atomic E-state index is -4.49. The second kappa shape index (κ2) is 7.78. The van der Waals surface area contributed by atoms with E-state index in [9.17, 15) is 18.0 Å². The molecule has 0 bridgehead atoms. The van der Waals surface area contributed by atoms with Crippen molar-refractivity contribution in [2.75, 3.05) is 17.7 Å². The van der Waals surface area contributed by atoms with E-state index in [1.165, 1.54) is 9.08 Å². The van der Waals surface area contributed by atoms with Crippen molar-refractivity contribution in [3.05, 3.63) is 41.9 Å². The number of hydrogen-bond acceptors (Lipinski definition) is 5. The highest BCUT2D eigenvalue weighted by molar-refractivity contribution is 5.98. The van der Waals surface area contributed by atoms with Crippen molar-refractivity contribution in [3.8, 4) is 0 Å². The standard InChI is InChI=1S/C20H24F3N7O/c1-28-10-14(18(24)27-28)19(31)25-12-6-8-13(9-7-12)29(2)17-5-3-4-16-26-15(11-30(16)17)20(21,22)23/h3-5,10-13H,6-9H2,1-2H3,(H2,24,27)(H,25,31)/t12-,13+. The number of nitrogens with zero attached hydrogens (tertiary/aromatic N) is 5. The van der Waals surface area contributed by atoms with E-state index in [4.69, 9.17) is 5.73 Å². The first-order valence-electron chi connectivity index (χ1n) is 10.0. The largest absolute Gasteiger partial charge is 0.434 e. The fourth-order valence-electron chi connectivity index (χ4n) is 4.16. The Balaban J connectivity index is 1.43. The molecular formula is C20H24F3N7O. The Hall–Kier alpha value is -3.24. The zero-order valence-corrected chi connectivity index (χ0v) is 17.2. The van der Waals surface area contributed by atoms with E-state index in [0.717, 1.165) is 31.9 Å². The van der Waals surface area contributed by atoms with Crippen LogP contribution in [0.2, 0.25) is 0 Å². The molecule has 0 unspecified atom stereocenters. The van der Waals surface area contributed by atoms with Crippen LogP contribution in [0.5, 0.6) is 0 Å². The number of rotatable bonds is 4. The molecular weight excluding hydrogens is 411 g/mol. The van der Waals surface area contributed by atoms with Crippen LogP contribution in [0, 0.1) is 0 Å². The summed E-state index contributed by atoms with van der Waals surface area (Å²) in [5, 5.41) is 6.99. The number of carbonyl (C=O) groups excluding carboxylic acids is 1. The lowest BCUT2D eigenvalue weighted by molar-refractivity contribution is -0.140. The maximum atomic E-state index is 13.1. The number of halogens is 3. The number of carbonyl (C=O) groups is 1. The van der Waals surface area contributed by atoms with Gasteiger partial charge in [-0.15, -0.1) is 0 Å². The number of nitrogens with one attached hydrogen (secondary N) is 1. The SMILES string of the molecule is Cn1cc(C(=O)N[C@H]2CC[C@@H](N(C)c3cccc4nc(C(F)(F)F)cn34)CC2)c(N)n1. The highest BCUT2D eigenvalue weighted by Gasteiger charge is 2.34. The molecule has 1 saturated carbocycles. The Bertz CT molecular complexity index is 1100. The average molecular weight is 435 g/mol. The van der Waals surface area contributed by atoms with Crippen LogP contribution in [0.3, 0.4) is 0 Å². The summed E-state index contributed by atoms with van der Waals surface area (Å²) in [5.41, 5.74) is 5.47. The van der Waals surface area contributed by atoms with Crippen molar-refractivity contribution in [2.24, 2.45) is 7.05 Å². The molecule has 4 rings (SSSR count). The molecule has 1 aliphatic rings. The van der Waals surface area contributed by atoms with Crippen LogP contribution in [-0.2, 0) is 13.2 Å². The molecule has 0 saturated heterocycles. The van der Waals surface area contributed by atoms with Gasteiger partial charge >= 0.3 is 6.18 Å². The lowest BCUT2D eigenvalue weighted by Gasteiger charge is -2.36. The zero-order chi connectivity index (χ0) is 22.3. The number of nitrogen functional groups attached to an aromatic ring is 1. The fraction of sp³-hybridized carbons (Fsp3) is 0.450. The molecule has 11 heteroatoms. The quantitative estimate of drug-likeness (QED) is 0.657. The number of pyridine rings is 1. The molecule has 1 aliphatic carbocycles. The van der Waals surface area contributed by atoms with Crippen LogP contribution in [-0.4, -0.2) is 44.2 Å². The van der Waals surface area contributed by atoms with E-state index >= 15 is 0 Å². The third-order valence-electron chi connectivity index (χ3n) is 5.80. The predicted molar refractivity (Wildman–Crippen MR) is 110 cm³/mol. The highest BCUT2D eigenvalue weighted by atomic mass is 19.4. The van der Waals surface area contributed by atoms with Crippen molar-refractivity contribution >= 4 is 23.2 Å². The zero-order valence-electron chi connectivity index (χ0n) is 17.2. The molecule has 0 radical (unpaired) electrons. The second-order valence-corrected chi connectivity index (χ2v) is 7.93. The summed E-state index contributed by atoms with van der Waals surface area (Å²) >= 11 is 0. The minimum Gasteiger partial charge on any atom is -0.382 e. The van der Waals surface area contributed by atoms with Crippen molar-refractivity contribution in [2.45, 2.75) is 43.9 Å². The van der Waals surface area contributed by atoms with Gasteiger partial charge in [-0.3, -0.25) is 13.9 Å². The summed E-state index contributed by atoms with van der Waals surface area (Å²) in [5.74, 6) is 0.599. The number of nitrogens with two attached hydrogens (primary N) is 1. The van der Waals surface area contributed by atoms with Crippen LogP contribution in [0.25, 0.3) is 5.65 Å². The van der Waals surface area contributed by atoms with Crippen LogP contribution in [0.4, 0.5) is 24.8 Å². The molecule has 0 aromatic carbocycles. The summed E-state index contributed by atoms with van der Waals surface area (Å²) in [7, 11) is 3.58. The molecule has 0 aliphatic heterocycles. The summed E-state index contributed by atoms with van der Waals surface area (Å²) < 4.78 is 42.2. The molecule has 3 aromatic heterocycles. The molecule has 1 fully saturated rings. The van der Waals surface area contributed by atoms with E-state index in [2.05, 4.69) is 15.4 Å². The van der Waals surface area contributed by atoms with Crippen LogP contribution in [0.1, 0.15) is 41.7 Å². The first-order chi connectivity index (χ1) is 14.6. The van der Waals surface area contributed by atoms with Gasteiger partial charge in [0.05, 0.1) is 0 Å². The van der Waals surface area contributed by atoms with Crippen molar-refractivity contribution in [3.63, 3.8) is 0 Å². The second-order valence-electron chi connectivity index (χ2n) is 7.93. The van der Waals surface area contributed by atoms with E-state index in [0.29, 0.717) is 11.4 Å². The average Bonchev–Trinajstić information content (AvgIpc) is 3.30. The van der Waals surface area contributed by atoms with E-state index < -0.39 is 11.9 Å². The van der Waals surface area contributed by atoms with Gasteiger partial charge in [0.15, 0.2) is 11.5 Å². The molecule has 3 N–H and O–H groups in total. The van der Waals surface area contributed by atoms with Crippen molar-refractivity contribution < 1.29 is 18.0 Å². The van der Waals surface area contributed by atoms with Crippen molar-refractivity contribution in [1.82, 2.24) is 24.5 Å². The summed E-state index contributed by atoms with van der Waals surface area (Å²) in [6, 6.07) is 5.20. The lowest BCUT2D eigenvalue weighted by atomic mass is 9.90. The molecule has 166 valence electrons. The molecule has 31 heavy (non-hydrogen) atoms. The minimum absolute atomic E-state index is 0.0117. The Morgan fingerprint density at radius 1 is 1.23 bits per heavy atom. The number of aromatic nitrogens is 4. The van der Waals surface area contributed by atoms with Crippen LogP contribution >= 0.6 is 0 Å². The maximum Gasteiger partial charge on any atom is 0.434 e. The Labute approximate surface area is 176 Å². The number of aryl methyl sites for hydroxylation is 1. The Morgan fingerprint density at radius 3 is 2.55 bits per heavy atom. The normalized spacial score (nSPS) is 19.5. The molecule has 3 aromatic rings. The van der Waals surface area contributed by atoms with Gasteiger partial charge in [0.25, 0.3) is 5.91 Å². The number of alkyl halides is 3. The Morgan fingerprint density at radius 2 is 1.94 bits per heavy atom. The summed E-state index contributed by atoms with van der Waals surface area (Å²) in [4.78, 5) is 18.2. The number of hydrogen-bond donors (Lipinski definition) is 2. The molecule has 3 heterocycles. The van der Waals surface area contributed by atoms with Gasteiger partial charge < -0.3 is 16.0 Å². The van der Waals surface area contributed by atoms with Gasteiger partial charge in [0, 0.05) is 38.6 Å². The Kier molecular flexibility index (Phi) is 5.28. The first-order valence-corrected chi connectivity index (χ1v) is 10.0. The third kappa shape index (κ3) is 4.17. The summed E-state index contributed by atoms with van der Waals surface area (Å²) in [6.07, 6.45) is 1.23. The van der Waals surface area contributed by atoms with Gasteiger partial charge in [-0.2, -0.15) is 18.3 Å². The number of amides is 1. The smallest absolute Gasteiger partial charge is 0.382 e.